The molecule has 0 N–H and O–H groups in total. The van der Waals surface area contributed by atoms with Gasteiger partial charge in [-0.1, -0.05) is 34.1 Å². The maximum atomic E-state index is 13.9. The molecule has 1 aliphatic heterocycles. The van der Waals surface area contributed by atoms with E-state index in [4.69, 9.17) is 9.47 Å². The molecule has 3 rings (SSSR count). The highest BCUT2D eigenvalue weighted by Crippen LogP contribution is 2.38. The molecule has 0 saturated carbocycles. The summed E-state index contributed by atoms with van der Waals surface area (Å²) < 4.78 is 38.4. The minimum absolute atomic E-state index is 0.254. The molecule has 2 aromatic carbocycles. The lowest BCUT2D eigenvalue weighted by Gasteiger charge is -2.14. The number of benzene rings is 2. The highest BCUT2D eigenvalue weighted by atomic mass is 79.9. The quantitative estimate of drug-likeness (QED) is 0.733. The Kier molecular flexibility index (Phi) is 4.10. The van der Waals surface area contributed by atoms with Crippen molar-refractivity contribution < 1.29 is 18.3 Å². The second kappa shape index (κ2) is 6.02. The van der Waals surface area contributed by atoms with Crippen LogP contribution in [0.25, 0.3) is 0 Å². The zero-order chi connectivity index (χ0) is 14.8. The molecule has 0 aliphatic carbocycles. The predicted molar refractivity (Wildman–Crippen MR) is 79.2 cm³/mol. The highest BCUT2D eigenvalue weighted by molar-refractivity contribution is 9.09. The summed E-state index contributed by atoms with van der Waals surface area (Å²) in [5.41, 5.74) is 1.04. The molecule has 2 nitrogen and oxygen atoms in total. The van der Waals surface area contributed by atoms with Crippen LogP contribution in [0.5, 0.6) is 11.5 Å². The van der Waals surface area contributed by atoms with Gasteiger partial charge in [0.05, 0.1) is 18.0 Å². The van der Waals surface area contributed by atoms with Gasteiger partial charge in [0.15, 0.2) is 23.1 Å². The van der Waals surface area contributed by atoms with Gasteiger partial charge in [-0.15, -0.1) is 0 Å². The van der Waals surface area contributed by atoms with E-state index in [1.165, 1.54) is 6.07 Å². The number of halogens is 3. The van der Waals surface area contributed by atoms with Crippen LogP contribution in [0, 0.1) is 11.6 Å². The normalized spacial score (nSPS) is 15.4. The number of alkyl halides is 1. The smallest absolute Gasteiger partial charge is 0.163 e. The number of fused-ring (bicyclic) bond motifs is 1. The lowest BCUT2D eigenvalue weighted by Crippen LogP contribution is -2.00. The third-order valence-corrected chi connectivity index (χ3v) is 4.34. The van der Waals surface area contributed by atoms with Crippen LogP contribution in [0.3, 0.4) is 0 Å². The lowest BCUT2D eigenvalue weighted by atomic mass is 10.0. The molecule has 1 unspecified atom stereocenters. The predicted octanol–water partition coefficient (Wildman–Crippen LogP) is 4.61. The summed E-state index contributed by atoms with van der Waals surface area (Å²) in [7, 11) is 0. The molecular formula is C16H13BrF2O2. The van der Waals surface area contributed by atoms with E-state index in [1.807, 2.05) is 6.07 Å². The molecule has 0 radical (unpaired) electrons. The van der Waals surface area contributed by atoms with Gasteiger partial charge in [-0.2, -0.15) is 0 Å². The molecular weight excluding hydrogens is 342 g/mol. The molecule has 0 spiro atoms. The summed E-state index contributed by atoms with van der Waals surface area (Å²) in [6.45, 7) is 1.19. The van der Waals surface area contributed by atoms with Gasteiger partial charge in [-0.3, -0.25) is 0 Å². The van der Waals surface area contributed by atoms with Crippen molar-refractivity contribution in [2.24, 2.45) is 0 Å². The lowest BCUT2D eigenvalue weighted by molar-refractivity contribution is 0.297. The largest absolute Gasteiger partial charge is 0.490 e. The SMILES string of the molecule is Fc1cccc(C(Br)c2ccc3c(c2)OCCCO3)c1F. The Bertz CT molecular complexity index is 661. The van der Waals surface area contributed by atoms with E-state index in [-0.39, 0.29) is 5.56 Å². The highest BCUT2D eigenvalue weighted by Gasteiger charge is 2.20. The van der Waals surface area contributed by atoms with Gasteiger partial charge in [0, 0.05) is 12.0 Å². The molecule has 0 aromatic heterocycles. The van der Waals surface area contributed by atoms with Gasteiger partial charge in [-0.05, 0) is 23.8 Å². The Morgan fingerprint density at radius 2 is 1.76 bits per heavy atom. The fourth-order valence-corrected chi connectivity index (χ4v) is 2.87. The number of hydrogen-bond acceptors (Lipinski definition) is 2. The van der Waals surface area contributed by atoms with E-state index in [1.54, 1.807) is 18.2 Å². The fraction of sp³-hybridized carbons (Fsp3) is 0.250. The Balaban J connectivity index is 1.96. The summed E-state index contributed by atoms with van der Waals surface area (Å²) in [6, 6.07) is 9.56. The van der Waals surface area contributed by atoms with Crippen LogP contribution in [-0.4, -0.2) is 13.2 Å². The molecule has 110 valence electrons. The van der Waals surface area contributed by atoms with Crippen molar-refractivity contribution in [1.29, 1.82) is 0 Å². The monoisotopic (exact) mass is 354 g/mol. The molecule has 0 bridgehead atoms. The first kappa shape index (κ1) is 14.3. The van der Waals surface area contributed by atoms with Crippen LogP contribution in [0.1, 0.15) is 22.4 Å². The third-order valence-electron chi connectivity index (χ3n) is 3.32. The molecule has 0 saturated heterocycles. The van der Waals surface area contributed by atoms with Crippen molar-refractivity contribution in [2.75, 3.05) is 13.2 Å². The molecule has 2 aromatic rings. The van der Waals surface area contributed by atoms with Crippen molar-refractivity contribution in [3.8, 4) is 11.5 Å². The molecule has 0 amide bonds. The van der Waals surface area contributed by atoms with Gasteiger partial charge in [0.2, 0.25) is 0 Å². The molecule has 1 heterocycles. The number of hydrogen-bond donors (Lipinski definition) is 0. The van der Waals surface area contributed by atoms with Crippen molar-refractivity contribution in [3.63, 3.8) is 0 Å². The number of rotatable bonds is 2. The molecule has 1 atom stereocenters. The van der Waals surface area contributed by atoms with Crippen molar-refractivity contribution in [3.05, 3.63) is 59.2 Å². The van der Waals surface area contributed by atoms with E-state index in [0.717, 1.165) is 18.1 Å². The first-order chi connectivity index (χ1) is 10.2. The molecule has 0 fully saturated rings. The van der Waals surface area contributed by atoms with E-state index in [0.29, 0.717) is 24.7 Å². The Hall–Kier alpha value is -1.62. The summed E-state index contributed by atoms with van der Waals surface area (Å²) in [6.07, 6.45) is 0.820. The van der Waals surface area contributed by atoms with Crippen LogP contribution in [0.4, 0.5) is 8.78 Å². The summed E-state index contributed by atoms with van der Waals surface area (Å²) in [5.74, 6) is -0.389. The third kappa shape index (κ3) is 2.88. The average Bonchev–Trinajstić information content (AvgIpc) is 2.74. The standard InChI is InChI=1S/C16H13BrF2O2/c17-15(11-3-1-4-12(18)16(11)19)10-5-6-13-14(9-10)21-8-2-7-20-13/h1,3-6,9,15H,2,7-8H2. The van der Waals surface area contributed by atoms with Gasteiger partial charge >= 0.3 is 0 Å². The maximum absolute atomic E-state index is 13.9. The molecule has 21 heavy (non-hydrogen) atoms. The van der Waals surface area contributed by atoms with Crippen LogP contribution >= 0.6 is 15.9 Å². The van der Waals surface area contributed by atoms with E-state index < -0.39 is 16.5 Å². The minimum Gasteiger partial charge on any atom is -0.490 e. The van der Waals surface area contributed by atoms with E-state index in [9.17, 15) is 8.78 Å². The minimum atomic E-state index is -0.855. The maximum Gasteiger partial charge on any atom is 0.163 e. The van der Waals surface area contributed by atoms with E-state index in [2.05, 4.69) is 15.9 Å². The first-order valence-electron chi connectivity index (χ1n) is 6.64. The zero-order valence-electron chi connectivity index (χ0n) is 11.1. The first-order valence-corrected chi connectivity index (χ1v) is 7.56. The Morgan fingerprint density at radius 1 is 1.00 bits per heavy atom. The topological polar surface area (TPSA) is 18.5 Å². The van der Waals surface area contributed by atoms with Gasteiger partial charge in [0.1, 0.15) is 0 Å². The fourth-order valence-electron chi connectivity index (χ4n) is 2.23. The Labute approximate surface area is 129 Å². The average molecular weight is 355 g/mol. The van der Waals surface area contributed by atoms with Gasteiger partial charge < -0.3 is 9.47 Å². The van der Waals surface area contributed by atoms with Crippen molar-refractivity contribution in [2.45, 2.75) is 11.2 Å². The molecule has 5 heteroatoms. The van der Waals surface area contributed by atoms with Crippen LogP contribution in [0.2, 0.25) is 0 Å². The van der Waals surface area contributed by atoms with Gasteiger partial charge in [-0.25, -0.2) is 8.78 Å². The van der Waals surface area contributed by atoms with Crippen LogP contribution in [-0.2, 0) is 0 Å². The van der Waals surface area contributed by atoms with Crippen LogP contribution in [0.15, 0.2) is 36.4 Å². The van der Waals surface area contributed by atoms with E-state index >= 15 is 0 Å². The van der Waals surface area contributed by atoms with Crippen molar-refractivity contribution >= 4 is 15.9 Å². The zero-order valence-corrected chi connectivity index (χ0v) is 12.7. The summed E-state index contributed by atoms with van der Waals surface area (Å²) in [5, 5.41) is 0. The molecule has 1 aliphatic rings. The second-order valence-corrected chi connectivity index (χ2v) is 5.68. The van der Waals surface area contributed by atoms with Crippen LogP contribution < -0.4 is 9.47 Å². The van der Waals surface area contributed by atoms with Gasteiger partial charge in [0.25, 0.3) is 0 Å². The number of ether oxygens (including phenoxy) is 2. The summed E-state index contributed by atoms with van der Waals surface area (Å²) >= 11 is 3.42. The second-order valence-electron chi connectivity index (χ2n) is 4.76. The summed E-state index contributed by atoms with van der Waals surface area (Å²) in [4.78, 5) is -0.453. The Morgan fingerprint density at radius 3 is 2.57 bits per heavy atom. The van der Waals surface area contributed by atoms with Crippen molar-refractivity contribution in [1.82, 2.24) is 0 Å².